The van der Waals surface area contributed by atoms with E-state index in [1.807, 2.05) is 0 Å². The molecule has 0 saturated heterocycles. The second-order valence-corrected chi connectivity index (χ2v) is 1.25. The summed E-state index contributed by atoms with van der Waals surface area (Å²) in [6.07, 6.45) is 0.265. The van der Waals surface area contributed by atoms with E-state index in [1.54, 1.807) is 0 Å². The summed E-state index contributed by atoms with van der Waals surface area (Å²) >= 11 is 0. The highest BCUT2D eigenvalue weighted by Crippen LogP contribution is 2.00. The average Bonchev–Trinajstić information content (AvgIpc) is 1.98. The number of hydrogen-bond acceptors (Lipinski definition) is 1. The zero-order chi connectivity index (χ0) is 7.98. The largest absolute Gasteiger partial charge is 0.277 e. The summed E-state index contributed by atoms with van der Waals surface area (Å²) in [5, 5.41) is 0. The van der Waals surface area contributed by atoms with Crippen LogP contribution in [-0.4, -0.2) is 19.4 Å². The van der Waals surface area contributed by atoms with E-state index in [2.05, 4.69) is 9.98 Å². The molecule has 5 heteroatoms. The summed E-state index contributed by atoms with van der Waals surface area (Å²) in [6.45, 7) is 0. The predicted octanol–water partition coefficient (Wildman–Crippen LogP) is 1.79. The Bertz CT molecular complexity index is 183. The number of hydrogen-bond donors (Lipinski definition) is 0. The summed E-state index contributed by atoms with van der Waals surface area (Å²) in [5.41, 5.74) is 0. The van der Waals surface area contributed by atoms with Crippen molar-refractivity contribution < 1.29 is 13.2 Å². The van der Waals surface area contributed by atoms with Crippen molar-refractivity contribution in [2.75, 3.05) is 7.05 Å². The maximum atomic E-state index is 12.0. The Kier molecular flexibility index (Phi) is 4.19. The topological polar surface area (TPSA) is 24.7 Å². The van der Waals surface area contributed by atoms with Gasteiger partial charge in [-0.05, 0) is 0 Å². The highest BCUT2D eigenvalue weighted by atomic mass is 19.2. The van der Waals surface area contributed by atoms with Crippen molar-refractivity contribution >= 4 is 12.3 Å². The molecule has 0 atom stereocenters. The molecule has 0 aromatic heterocycles. The van der Waals surface area contributed by atoms with Gasteiger partial charge in [-0.3, -0.25) is 4.99 Å². The second kappa shape index (κ2) is 4.72. The van der Waals surface area contributed by atoms with Crippen LogP contribution in [0.15, 0.2) is 22.1 Å². The number of rotatable bonds is 2. The van der Waals surface area contributed by atoms with Gasteiger partial charge in [0.25, 0.3) is 5.97 Å². The smallest absolute Gasteiger partial charge is 0.252 e. The first kappa shape index (κ1) is 8.87. The molecule has 0 aliphatic carbocycles. The molecule has 56 valence electrons. The highest BCUT2D eigenvalue weighted by molar-refractivity contribution is 5.94. The van der Waals surface area contributed by atoms with E-state index in [1.165, 1.54) is 7.05 Å². The van der Waals surface area contributed by atoms with Gasteiger partial charge in [0.1, 0.15) is 12.7 Å². The molecule has 0 aromatic carbocycles. The van der Waals surface area contributed by atoms with Gasteiger partial charge in [0, 0.05) is 7.05 Å². The zero-order valence-corrected chi connectivity index (χ0v) is 5.18. The van der Waals surface area contributed by atoms with Crippen LogP contribution in [0, 0.1) is 0 Å². The fraction of sp³-hybridized carbons (Fsp3) is 0.200. The van der Waals surface area contributed by atoms with Gasteiger partial charge in [0.2, 0.25) is 5.83 Å². The number of nitrogens with zero attached hydrogens (tertiary/aromatic N) is 2. The Labute approximate surface area is 55.8 Å². The van der Waals surface area contributed by atoms with E-state index in [-0.39, 0.29) is 0 Å². The molecule has 0 radical (unpaired) electrons. The lowest BCUT2D eigenvalue weighted by Gasteiger charge is -1.83. The zero-order valence-electron chi connectivity index (χ0n) is 5.18. The van der Waals surface area contributed by atoms with Crippen molar-refractivity contribution in [1.29, 1.82) is 0 Å². The first-order chi connectivity index (χ1) is 4.72. The van der Waals surface area contributed by atoms with Crippen LogP contribution in [0.2, 0.25) is 0 Å². The molecule has 2 nitrogen and oxygen atoms in total. The molecule has 10 heavy (non-hydrogen) atoms. The van der Waals surface area contributed by atoms with Gasteiger partial charge in [0.15, 0.2) is 0 Å². The molecule has 0 fully saturated rings. The van der Waals surface area contributed by atoms with Crippen molar-refractivity contribution in [3.8, 4) is 0 Å². The summed E-state index contributed by atoms with van der Waals surface area (Å²) in [4.78, 5) is 6.01. The number of allylic oxidation sites excluding steroid dienone is 1. The Morgan fingerprint density at radius 3 is 2.40 bits per heavy atom. The molecule has 0 rings (SSSR count). The molecule has 0 spiro atoms. The van der Waals surface area contributed by atoms with Crippen molar-refractivity contribution in [2.24, 2.45) is 9.98 Å². The Balaban J connectivity index is 4.19. The molecule has 0 N–H and O–H groups in total. The lowest BCUT2D eigenvalue weighted by Crippen LogP contribution is -1.88. The van der Waals surface area contributed by atoms with E-state index in [0.29, 0.717) is 0 Å². The number of aliphatic imine (C=N–C) groups is 2. The van der Waals surface area contributed by atoms with Gasteiger partial charge in [-0.25, -0.2) is 9.38 Å². The van der Waals surface area contributed by atoms with Crippen molar-refractivity contribution in [3.63, 3.8) is 0 Å². The minimum absolute atomic E-state index is 0.512. The van der Waals surface area contributed by atoms with Gasteiger partial charge in [-0.1, -0.05) is 0 Å². The minimum Gasteiger partial charge on any atom is -0.277 e. The normalized spacial score (nSPS) is 14.8. The van der Waals surface area contributed by atoms with Gasteiger partial charge >= 0.3 is 0 Å². The molecule has 0 bridgehead atoms. The molecule has 0 aliphatic rings. The van der Waals surface area contributed by atoms with Crippen molar-refractivity contribution in [3.05, 3.63) is 12.2 Å². The molecular weight excluding hydrogens is 145 g/mol. The van der Waals surface area contributed by atoms with Gasteiger partial charge in [-0.15, -0.1) is 0 Å². The molecule has 0 aliphatic heterocycles. The summed E-state index contributed by atoms with van der Waals surface area (Å²) in [6, 6.07) is 0. The molecule has 0 heterocycles. The Hall–Kier alpha value is -1.13. The number of halogens is 3. The van der Waals surface area contributed by atoms with E-state index >= 15 is 0 Å². The molecule has 0 unspecified atom stereocenters. The standard InChI is InChI=1S/C5H5F3N2/c1-9-3-10-5(8)4(7)2-6/h2-3H,1H3/b4-2-,9-3-,10-5+. The lowest BCUT2D eigenvalue weighted by atomic mass is 10.6. The van der Waals surface area contributed by atoms with Crippen LogP contribution in [-0.2, 0) is 0 Å². The first-order valence-electron chi connectivity index (χ1n) is 2.32. The van der Waals surface area contributed by atoms with Crippen molar-refractivity contribution in [1.82, 2.24) is 0 Å². The summed E-state index contributed by atoms with van der Waals surface area (Å²) in [5.74, 6) is -3.16. The molecule has 0 saturated carbocycles. The van der Waals surface area contributed by atoms with Crippen LogP contribution in [0.25, 0.3) is 0 Å². The maximum absolute atomic E-state index is 12.0. The minimum atomic E-state index is -1.64. The molecule has 0 amide bonds. The monoisotopic (exact) mass is 150 g/mol. The van der Waals surface area contributed by atoms with Crippen LogP contribution in [0.4, 0.5) is 13.2 Å². The van der Waals surface area contributed by atoms with Crippen LogP contribution >= 0.6 is 0 Å². The molecular formula is C5H5F3N2. The third-order valence-corrected chi connectivity index (χ3v) is 0.579. The van der Waals surface area contributed by atoms with Gasteiger partial charge < -0.3 is 0 Å². The first-order valence-corrected chi connectivity index (χ1v) is 2.32. The average molecular weight is 150 g/mol. The maximum Gasteiger partial charge on any atom is 0.252 e. The third kappa shape index (κ3) is 3.01. The fourth-order valence-electron chi connectivity index (χ4n) is 0.215. The Morgan fingerprint density at radius 2 is 2.00 bits per heavy atom. The van der Waals surface area contributed by atoms with Gasteiger partial charge in [0.05, 0.1) is 0 Å². The quantitative estimate of drug-likeness (QED) is 0.423. The van der Waals surface area contributed by atoms with Crippen LogP contribution in [0.1, 0.15) is 0 Å². The third-order valence-electron chi connectivity index (χ3n) is 0.579. The highest BCUT2D eigenvalue weighted by Gasteiger charge is 2.02. The SMILES string of the molecule is C\N=C/N=C(F)\C(F)=C\F. The van der Waals surface area contributed by atoms with E-state index < -0.39 is 18.1 Å². The van der Waals surface area contributed by atoms with Gasteiger partial charge in [-0.2, -0.15) is 8.78 Å². The summed E-state index contributed by atoms with van der Waals surface area (Å²) in [7, 11) is 1.33. The fourth-order valence-corrected chi connectivity index (χ4v) is 0.215. The predicted molar refractivity (Wildman–Crippen MR) is 33.3 cm³/mol. The molecule has 0 aromatic rings. The van der Waals surface area contributed by atoms with E-state index in [4.69, 9.17) is 0 Å². The van der Waals surface area contributed by atoms with Crippen LogP contribution in [0.3, 0.4) is 0 Å². The van der Waals surface area contributed by atoms with E-state index in [0.717, 1.165) is 6.34 Å². The van der Waals surface area contributed by atoms with Crippen molar-refractivity contribution in [2.45, 2.75) is 0 Å². The summed E-state index contributed by atoms with van der Waals surface area (Å²) < 4.78 is 34.9. The lowest BCUT2D eigenvalue weighted by molar-refractivity contribution is 0.594. The second-order valence-electron chi connectivity index (χ2n) is 1.25. The Morgan fingerprint density at radius 1 is 1.40 bits per heavy atom. The van der Waals surface area contributed by atoms with E-state index in [9.17, 15) is 13.2 Å². The van der Waals surface area contributed by atoms with Crippen LogP contribution < -0.4 is 0 Å². The van der Waals surface area contributed by atoms with Crippen LogP contribution in [0.5, 0.6) is 0 Å².